The highest BCUT2D eigenvalue weighted by Gasteiger charge is 2.45. The van der Waals surface area contributed by atoms with Crippen molar-refractivity contribution < 1.29 is 42.9 Å². The van der Waals surface area contributed by atoms with Crippen molar-refractivity contribution in [2.75, 3.05) is 13.7 Å². The number of ether oxygens (including phenoxy) is 4. The van der Waals surface area contributed by atoms with Crippen molar-refractivity contribution in [1.82, 2.24) is 10.2 Å². The topological polar surface area (TPSA) is 138 Å². The number of rotatable bonds is 14. The van der Waals surface area contributed by atoms with Gasteiger partial charge in [0, 0.05) is 41.0 Å². The molecule has 1 N–H and O–H groups in total. The van der Waals surface area contributed by atoms with Crippen LogP contribution in [-0.4, -0.2) is 78.7 Å². The number of nitrogens with one attached hydrogen (secondary N) is 1. The van der Waals surface area contributed by atoms with Crippen molar-refractivity contribution in [3.8, 4) is 0 Å². The van der Waals surface area contributed by atoms with Crippen LogP contribution in [0.15, 0.2) is 36.4 Å². The summed E-state index contributed by atoms with van der Waals surface area (Å²) in [5, 5.41) is 2.79. The van der Waals surface area contributed by atoms with Crippen molar-refractivity contribution in [2.24, 2.45) is 5.92 Å². The first-order chi connectivity index (χ1) is 21.6. The Morgan fingerprint density at radius 1 is 0.935 bits per heavy atom. The number of esters is 3. The van der Waals surface area contributed by atoms with Gasteiger partial charge in [0.15, 0.2) is 24.4 Å². The average Bonchev–Trinajstić information content (AvgIpc) is 3.13. The third-order valence-electron chi connectivity index (χ3n) is 7.93. The van der Waals surface area contributed by atoms with Gasteiger partial charge in [0.1, 0.15) is 6.04 Å². The Morgan fingerprint density at radius 3 is 2.04 bits per heavy atom. The van der Waals surface area contributed by atoms with Crippen LogP contribution in [0.25, 0.3) is 0 Å². The van der Waals surface area contributed by atoms with E-state index in [1.165, 1.54) is 19.6 Å². The van der Waals surface area contributed by atoms with E-state index in [4.69, 9.17) is 18.9 Å². The van der Waals surface area contributed by atoms with E-state index >= 15 is 0 Å². The van der Waals surface area contributed by atoms with E-state index in [-0.39, 0.29) is 17.2 Å². The van der Waals surface area contributed by atoms with Crippen LogP contribution in [0, 0.1) is 5.92 Å². The molecular weight excluding hydrogens is 592 g/mol. The normalized spacial score (nSPS) is 18.9. The summed E-state index contributed by atoms with van der Waals surface area (Å²) in [7, 11) is 1.24. The van der Waals surface area contributed by atoms with Gasteiger partial charge in [-0.25, -0.2) is 0 Å². The number of nitrogens with zero attached hydrogens (tertiary/aromatic N) is 1. The zero-order valence-corrected chi connectivity index (χ0v) is 28.8. The second-order valence-electron chi connectivity index (χ2n) is 12.9. The fourth-order valence-corrected chi connectivity index (χ4v) is 5.22. The van der Waals surface area contributed by atoms with Crippen LogP contribution < -0.4 is 5.32 Å². The lowest BCUT2D eigenvalue weighted by atomic mass is 9.87. The Kier molecular flexibility index (Phi) is 14.9. The van der Waals surface area contributed by atoms with Crippen molar-refractivity contribution in [3.63, 3.8) is 0 Å². The number of hydrogen-bond donors (Lipinski definition) is 1. The molecule has 0 saturated carbocycles. The predicted molar refractivity (Wildman–Crippen MR) is 172 cm³/mol. The Morgan fingerprint density at radius 2 is 1.52 bits per heavy atom. The Hall–Kier alpha value is -3.73. The van der Waals surface area contributed by atoms with Crippen molar-refractivity contribution in [3.05, 3.63) is 47.5 Å². The molecule has 2 amide bonds. The number of methoxy groups -OCH3 is 1. The molecule has 1 heterocycles. The summed E-state index contributed by atoms with van der Waals surface area (Å²) in [5.74, 6) is -3.10. The Balaban J connectivity index is 2.37. The average molecular weight is 645 g/mol. The zero-order valence-electron chi connectivity index (χ0n) is 28.8. The molecule has 1 unspecified atom stereocenters. The fourth-order valence-electron chi connectivity index (χ4n) is 5.22. The number of benzene rings is 1. The van der Waals surface area contributed by atoms with E-state index in [0.717, 1.165) is 32.3 Å². The van der Waals surface area contributed by atoms with Gasteiger partial charge in [-0.05, 0) is 47.8 Å². The minimum absolute atomic E-state index is 0.00504. The molecule has 0 aliphatic carbocycles. The molecule has 0 aromatic heterocycles. The van der Waals surface area contributed by atoms with Crippen LogP contribution in [0.4, 0.5) is 0 Å². The number of allylic oxidation sites excluding steroid dienone is 1. The number of carbonyl (C=O) groups excluding carboxylic acids is 5. The first-order valence-corrected chi connectivity index (χ1v) is 16.0. The summed E-state index contributed by atoms with van der Waals surface area (Å²) in [6.07, 6.45) is 0.316. The Labute approximate surface area is 273 Å². The van der Waals surface area contributed by atoms with Crippen molar-refractivity contribution in [1.29, 1.82) is 0 Å². The van der Waals surface area contributed by atoms with E-state index in [2.05, 4.69) is 38.2 Å². The standard InChI is InChI=1S/C35H52N2O9/c1-10-22(2)14-19-29(44-23(3)38)30(45-24(4)39)31(46-25(5)40)32(43-9)33(41)36-28-13-11-12-20-37(34(28)42)21-26-15-17-27(18-16-26)35(6,7)8/h14-19,22,28-32H,10-13,20-21H2,1-9H3,(H,36,41)/b19-14+/t22?,28-,29+,30-,31+,32+/m0/s1. The van der Waals surface area contributed by atoms with Crippen LogP contribution in [0.2, 0.25) is 0 Å². The van der Waals surface area contributed by atoms with E-state index in [1.54, 1.807) is 17.1 Å². The molecule has 0 bridgehead atoms. The number of hydrogen-bond acceptors (Lipinski definition) is 9. The van der Waals surface area contributed by atoms with Crippen LogP contribution in [0.5, 0.6) is 0 Å². The predicted octanol–water partition coefficient (Wildman–Crippen LogP) is 4.39. The van der Waals surface area contributed by atoms with Gasteiger partial charge in [0.05, 0.1) is 0 Å². The quantitative estimate of drug-likeness (QED) is 0.178. The summed E-state index contributed by atoms with van der Waals surface area (Å²) >= 11 is 0. The zero-order chi connectivity index (χ0) is 34.6. The Bertz CT molecular complexity index is 1220. The highest BCUT2D eigenvalue weighted by Crippen LogP contribution is 2.24. The lowest BCUT2D eigenvalue weighted by Gasteiger charge is -2.34. The second kappa shape index (κ2) is 17.8. The van der Waals surface area contributed by atoms with E-state index in [9.17, 15) is 24.0 Å². The van der Waals surface area contributed by atoms with Crippen LogP contribution >= 0.6 is 0 Å². The van der Waals surface area contributed by atoms with E-state index < -0.39 is 54.3 Å². The van der Waals surface area contributed by atoms with Crippen LogP contribution in [0.1, 0.15) is 92.2 Å². The molecule has 1 aromatic rings. The smallest absolute Gasteiger partial charge is 0.303 e. The van der Waals surface area contributed by atoms with Gasteiger partial charge in [-0.15, -0.1) is 0 Å². The molecule has 0 radical (unpaired) electrons. The van der Waals surface area contributed by atoms with Gasteiger partial charge in [-0.3, -0.25) is 24.0 Å². The molecule has 1 aliphatic heterocycles. The molecule has 256 valence electrons. The first-order valence-electron chi connectivity index (χ1n) is 16.0. The molecule has 1 fully saturated rings. The first kappa shape index (κ1) is 38.5. The molecular formula is C35H52N2O9. The maximum Gasteiger partial charge on any atom is 0.303 e. The highest BCUT2D eigenvalue weighted by atomic mass is 16.6. The summed E-state index contributed by atoms with van der Waals surface area (Å²) < 4.78 is 22.1. The second-order valence-corrected chi connectivity index (χ2v) is 12.9. The SMILES string of the molecule is CCC(C)/C=C/[C@@H](OC(C)=O)[C@H](OC(C)=O)[C@@H](OC(C)=O)[C@@H](OC)C(=O)N[C@H]1CCCCN(Cc2ccc(C(C)(C)C)cc2)C1=O. The number of amides is 2. The monoisotopic (exact) mass is 644 g/mol. The molecule has 2 rings (SSSR count). The van der Waals surface area contributed by atoms with Gasteiger partial charge in [-0.1, -0.05) is 71.4 Å². The largest absolute Gasteiger partial charge is 0.455 e. The molecule has 46 heavy (non-hydrogen) atoms. The van der Waals surface area contributed by atoms with Gasteiger partial charge in [0.25, 0.3) is 5.91 Å². The van der Waals surface area contributed by atoms with E-state index in [0.29, 0.717) is 25.9 Å². The maximum absolute atomic E-state index is 13.8. The summed E-state index contributed by atoms with van der Waals surface area (Å²) in [6.45, 7) is 14.8. The molecule has 1 saturated heterocycles. The number of carbonyl (C=O) groups is 5. The highest BCUT2D eigenvalue weighted by molar-refractivity contribution is 5.90. The summed E-state index contributed by atoms with van der Waals surface area (Å²) in [5.41, 5.74) is 2.17. The van der Waals surface area contributed by atoms with Crippen LogP contribution in [0.3, 0.4) is 0 Å². The number of likely N-dealkylation sites (tertiary alicyclic amines) is 1. The lowest BCUT2D eigenvalue weighted by Crippen LogP contribution is -2.58. The third-order valence-corrected chi connectivity index (χ3v) is 7.93. The fraction of sp³-hybridized carbons (Fsp3) is 0.629. The summed E-state index contributed by atoms with van der Waals surface area (Å²) in [4.78, 5) is 65.8. The minimum atomic E-state index is -1.52. The molecule has 1 aliphatic rings. The lowest BCUT2D eigenvalue weighted by molar-refractivity contribution is -0.192. The van der Waals surface area contributed by atoms with Gasteiger partial charge in [-0.2, -0.15) is 0 Å². The van der Waals surface area contributed by atoms with Crippen LogP contribution in [-0.2, 0) is 54.9 Å². The molecule has 1 aromatic carbocycles. The van der Waals surface area contributed by atoms with Crippen molar-refractivity contribution >= 4 is 29.7 Å². The molecule has 6 atom stereocenters. The molecule has 11 heteroatoms. The molecule has 11 nitrogen and oxygen atoms in total. The van der Waals surface area contributed by atoms with Gasteiger partial charge >= 0.3 is 17.9 Å². The van der Waals surface area contributed by atoms with Gasteiger partial charge in [0.2, 0.25) is 5.91 Å². The molecule has 0 spiro atoms. The van der Waals surface area contributed by atoms with Gasteiger partial charge < -0.3 is 29.2 Å². The summed E-state index contributed by atoms with van der Waals surface area (Å²) in [6, 6.07) is 7.30. The third kappa shape index (κ3) is 11.9. The van der Waals surface area contributed by atoms with E-state index in [1.807, 2.05) is 26.0 Å². The minimum Gasteiger partial charge on any atom is -0.455 e. The van der Waals surface area contributed by atoms with Crippen molar-refractivity contribution in [2.45, 2.75) is 123 Å². The maximum atomic E-state index is 13.8.